The molecule has 2 N–H and O–H groups in total. The Morgan fingerprint density at radius 3 is 1.69 bits per heavy atom. The number of halogens is 3. The topological polar surface area (TPSA) is 151 Å². The maximum atomic E-state index is 13.2. The summed E-state index contributed by atoms with van der Waals surface area (Å²) in [5.41, 5.74) is -1.43. The fourth-order valence-electron chi connectivity index (χ4n) is 2.30. The number of esters is 2. The number of carbonyl (C=O) groups excluding carboxylic acids is 5. The molecule has 1 aromatic carbocycles. The molecule has 0 aliphatic heterocycles. The van der Waals surface area contributed by atoms with Crippen molar-refractivity contribution in [3.05, 3.63) is 21.8 Å². The molecule has 1 rings (SSSR count). The van der Waals surface area contributed by atoms with Crippen molar-refractivity contribution in [1.82, 2.24) is 5.32 Å². The fourth-order valence-corrected chi connectivity index (χ4v) is 6.67. The van der Waals surface area contributed by atoms with E-state index in [1.54, 1.807) is 45.2 Å². The molecular weight excluding hydrogens is 776 g/mol. The van der Waals surface area contributed by atoms with Gasteiger partial charge in [-0.05, 0) is 74.7 Å². The normalized spacial score (nSPS) is 10.5. The zero-order valence-electron chi connectivity index (χ0n) is 17.8. The summed E-state index contributed by atoms with van der Waals surface area (Å²) in [6.45, 7) is 4.51. The van der Waals surface area contributed by atoms with Crippen molar-refractivity contribution in [2.24, 2.45) is 0 Å². The zero-order chi connectivity index (χ0) is 24.1. The van der Waals surface area contributed by atoms with Crippen molar-refractivity contribution in [3.63, 3.8) is 0 Å². The first-order chi connectivity index (χ1) is 14.2. The van der Waals surface area contributed by atoms with Crippen LogP contribution in [-0.4, -0.2) is 48.5 Å². The van der Waals surface area contributed by atoms with Crippen molar-refractivity contribution in [1.29, 1.82) is 0 Å². The van der Waals surface area contributed by atoms with Gasteiger partial charge in [0.2, 0.25) is 5.91 Å². The average Bonchev–Trinajstić information content (AvgIpc) is 2.61. The minimum Gasteiger partial charge on any atom is -0.545 e. The van der Waals surface area contributed by atoms with Gasteiger partial charge < -0.3 is 30.0 Å². The maximum Gasteiger partial charge on any atom is 1.00 e. The molecule has 1 aromatic rings. The molecule has 0 radical (unpaired) electrons. The molecule has 0 unspecified atom stereocenters. The molecule has 0 aliphatic carbocycles. The number of amides is 2. The Balaban J connectivity index is 0.00000961. The molecule has 0 saturated carbocycles. The van der Waals surface area contributed by atoms with E-state index in [2.05, 4.69) is 10.6 Å². The second-order valence-electron chi connectivity index (χ2n) is 6.61. The van der Waals surface area contributed by atoms with E-state index in [0.717, 1.165) is 0 Å². The van der Waals surface area contributed by atoms with Gasteiger partial charge >= 0.3 is 41.5 Å². The second kappa shape index (κ2) is 13.6. The van der Waals surface area contributed by atoms with E-state index < -0.39 is 35.3 Å². The molecule has 0 fully saturated rings. The largest absolute Gasteiger partial charge is 1.00 e. The van der Waals surface area contributed by atoms with Crippen LogP contribution in [0, 0.1) is 10.7 Å². The van der Waals surface area contributed by atoms with Crippen LogP contribution in [0.15, 0.2) is 0 Å². The molecule has 10 nitrogen and oxygen atoms in total. The van der Waals surface area contributed by atoms with Crippen LogP contribution in [0.2, 0.25) is 0 Å². The van der Waals surface area contributed by atoms with Gasteiger partial charge in [-0.1, -0.05) is 0 Å². The summed E-state index contributed by atoms with van der Waals surface area (Å²) in [6.07, 6.45) is 0. The van der Waals surface area contributed by atoms with E-state index in [4.69, 9.17) is 9.47 Å². The van der Waals surface area contributed by atoms with Gasteiger partial charge in [0.1, 0.15) is 18.8 Å². The van der Waals surface area contributed by atoms with Gasteiger partial charge in [-0.15, -0.1) is 0 Å². The number of anilines is 1. The van der Waals surface area contributed by atoms with Crippen molar-refractivity contribution in [2.75, 3.05) is 18.5 Å². The van der Waals surface area contributed by atoms with Gasteiger partial charge in [-0.3, -0.25) is 19.2 Å². The Kier molecular flexibility index (Phi) is 13.5. The molecule has 14 heteroatoms. The van der Waals surface area contributed by atoms with Crippen molar-refractivity contribution < 1.29 is 68.1 Å². The Morgan fingerprint density at radius 2 is 1.31 bits per heavy atom. The third-order valence-electron chi connectivity index (χ3n) is 3.65. The number of nitrogens with one attached hydrogen (secondary N) is 2. The molecule has 0 aliphatic rings. The van der Waals surface area contributed by atoms with Crippen LogP contribution in [0.1, 0.15) is 48.4 Å². The van der Waals surface area contributed by atoms with Crippen molar-refractivity contribution in [3.8, 4) is 0 Å². The molecule has 0 spiro atoms. The van der Waals surface area contributed by atoms with Gasteiger partial charge in [0.15, 0.2) is 0 Å². The summed E-state index contributed by atoms with van der Waals surface area (Å²) in [6, 6.07) is 0. The van der Waals surface area contributed by atoms with E-state index in [0.29, 0.717) is 3.57 Å². The van der Waals surface area contributed by atoms with Crippen LogP contribution < -0.4 is 45.3 Å². The van der Waals surface area contributed by atoms with Crippen molar-refractivity contribution >= 4 is 103 Å². The number of carboxylic acids is 1. The van der Waals surface area contributed by atoms with Crippen LogP contribution >= 0.6 is 67.8 Å². The Bertz CT molecular complexity index is 937. The zero-order valence-corrected chi connectivity index (χ0v) is 26.3. The van der Waals surface area contributed by atoms with Gasteiger partial charge in [0.25, 0.3) is 5.91 Å². The van der Waals surface area contributed by atoms with Gasteiger partial charge in [-0.2, -0.15) is 0 Å². The first-order valence-electron chi connectivity index (χ1n) is 8.48. The van der Waals surface area contributed by atoms with E-state index in [9.17, 15) is 29.1 Å². The number of carboxylic acid groups (broad SMARTS) is 1. The van der Waals surface area contributed by atoms with E-state index >= 15 is 0 Å². The van der Waals surface area contributed by atoms with E-state index in [-0.39, 0.29) is 66.7 Å². The second-order valence-corrected chi connectivity index (χ2v) is 9.85. The number of ether oxygens (including phenoxy) is 2. The number of carbonyl (C=O) groups is 5. The molecule has 0 saturated heterocycles. The molecule has 0 heterocycles. The number of rotatable bonds is 8. The van der Waals surface area contributed by atoms with Gasteiger partial charge in [0, 0.05) is 33.5 Å². The summed E-state index contributed by atoms with van der Waals surface area (Å²) in [5.74, 6) is -3.90. The minimum absolute atomic E-state index is 0. The molecular formula is C18H18I3N2NaO8. The van der Waals surface area contributed by atoms with Gasteiger partial charge in [-0.25, -0.2) is 0 Å². The van der Waals surface area contributed by atoms with E-state index in [1.165, 1.54) is 27.7 Å². The molecule has 0 aromatic heterocycles. The fraction of sp³-hybridized carbons (Fsp3) is 0.389. The number of hydrogen-bond donors (Lipinski definition) is 2. The summed E-state index contributed by atoms with van der Waals surface area (Å²) < 4.78 is 10.6. The van der Waals surface area contributed by atoms with Crippen LogP contribution in [-0.2, 0) is 23.9 Å². The smallest absolute Gasteiger partial charge is 0.545 e. The Hall–Kier alpha value is -0.240. The third-order valence-corrected chi connectivity index (χ3v) is 6.89. The van der Waals surface area contributed by atoms with E-state index in [1.807, 2.05) is 22.6 Å². The number of hydrogen-bond acceptors (Lipinski definition) is 8. The predicted molar refractivity (Wildman–Crippen MR) is 132 cm³/mol. The number of aromatic carboxylic acids is 1. The SMILES string of the molecule is CC(=O)Nc1c(I)c(C(=O)[O-])c(I)c(C(=O)NC(C)(COC(C)=O)COC(C)=O)c1I.[Na+]. The molecule has 2 amide bonds. The first-order valence-corrected chi connectivity index (χ1v) is 11.7. The molecule has 32 heavy (non-hydrogen) atoms. The van der Waals surface area contributed by atoms with Crippen LogP contribution in [0.3, 0.4) is 0 Å². The summed E-state index contributed by atoms with van der Waals surface area (Å²) in [7, 11) is 0. The summed E-state index contributed by atoms with van der Waals surface area (Å²) in [5, 5.41) is 16.9. The van der Waals surface area contributed by atoms with Gasteiger partial charge in [0.05, 0.1) is 20.8 Å². The molecule has 0 atom stereocenters. The first kappa shape index (κ1) is 31.8. The third kappa shape index (κ3) is 8.84. The monoisotopic (exact) mass is 794 g/mol. The minimum atomic E-state index is -1.52. The Morgan fingerprint density at radius 1 is 0.875 bits per heavy atom. The average molecular weight is 794 g/mol. The quantitative estimate of drug-likeness (QED) is 0.183. The maximum absolute atomic E-state index is 13.2. The molecule has 170 valence electrons. The predicted octanol–water partition coefficient (Wildman–Crippen LogP) is -1.56. The van der Waals surface area contributed by atoms with Crippen molar-refractivity contribution in [2.45, 2.75) is 33.2 Å². The summed E-state index contributed by atoms with van der Waals surface area (Å²) in [4.78, 5) is 59.0. The van der Waals surface area contributed by atoms with Crippen LogP contribution in [0.4, 0.5) is 5.69 Å². The number of benzene rings is 1. The standard InChI is InChI=1S/C18H19I3N2O8.Na/c1-7(24)22-15-13(20)10(12(19)11(14(15)21)17(28)29)16(27)23-18(4,5-30-8(2)25)6-31-9(3)26;/h5-6H2,1-4H3,(H,22,24)(H,23,27)(H,28,29);/q;+1/p-1. The summed E-state index contributed by atoms with van der Waals surface area (Å²) >= 11 is 5.30. The van der Waals surface area contributed by atoms with Crippen LogP contribution in [0.25, 0.3) is 0 Å². The Labute approximate surface area is 247 Å². The van der Waals surface area contributed by atoms with Crippen LogP contribution in [0.5, 0.6) is 0 Å². The molecule has 0 bridgehead atoms.